The largest absolute Gasteiger partial charge is 0.332 e. The van der Waals surface area contributed by atoms with Crippen molar-refractivity contribution in [3.05, 3.63) is 103 Å². The second kappa shape index (κ2) is 9.17. The molecule has 8 heteroatoms. The van der Waals surface area contributed by atoms with Crippen LogP contribution in [0.2, 0.25) is 0 Å². The molecule has 4 rings (SSSR count). The standard InChI is InChI=1S/C24H19N3O3S2/c28-23(19-11-10-17-6-4-5-7-18(17)16-19)27-32(29,30)22-14-12-21(13-15-22)26-24(31)25-20-8-2-1-3-9-20/h1-16H,(H,27,28)(H2,25,26,31). The van der Waals surface area contributed by atoms with Gasteiger partial charge in [-0.25, -0.2) is 13.1 Å². The van der Waals surface area contributed by atoms with Gasteiger partial charge in [0.15, 0.2) is 5.11 Å². The van der Waals surface area contributed by atoms with Crippen LogP contribution in [0.3, 0.4) is 0 Å². The highest BCUT2D eigenvalue weighted by atomic mass is 32.2. The Kier molecular flexibility index (Phi) is 6.16. The van der Waals surface area contributed by atoms with Gasteiger partial charge in [0.05, 0.1) is 4.90 Å². The quantitative estimate of drug-likeness (QED) is 0.371. The molecule has 0 aliphatic rings. The summed E-state index contributed by atoms with van der Waals surface area (Å²) in [5.41, 5.74) is 1.71. The van der Waals surface area contributed by atoms with Gasteiger partial charge in [-0.15, -0.1) is 0 Å². The average molecular weight is 462 g/mol. The van der Waals surface area contributed by atoms with E-state index in [1.807, 2.05) is 54.6 Å². The Morgan fingerprint density at radius 2 is 1.28 bits per heavy atom. The molecule has 4 aromatic carbocycles. The number of benzene rings is 4. The van der Waals surface area contributed by atoms with E-state index in [1.165, 1.54) is 12.1 Å². The van der Waals surface area contributed by atoms with Crippen molar-refractivity contribution in [2.45, 2.75) is 4.90 Å². The van der Waals surface area contributed by atoms with Crippen LogP contribution in [0, 0.1) is 0 Å². The number of rotatable bonds is 5. The molecule has 0 spiro atoms. The van der Waals surface area contributed by atoms with E-state index in [1.54, 1.807) is 30.3 Å². The van der Waals surface area contributed by atoms with Gasteiger partial charge in [-0.05, 0) is 71.5 Å². The lowest BCUT2D eigenvalue weighted by Crippen LogP contribution is -2.30. The zero-order chi connectivity index (χ0) is 22.6. The molecule has 0 saturated carbocycles. The highest BCUT2D eigenvalue weighted by Gasteiger charge is 2.19. The van der Waals surface area contributed by atoms with Gasteiger partial charge in [0, 0.05) is 16.9 Å². The summed E-state index contributed by atoms with van der Waals surface area (Å²) in [6.07, 6.45) is 0. The van der Waals surface area contributed by atoms with Crippen LogP contribution in [0.25, 0.3) is 10.8 Å². The molecule has 32 heavy (non-hydrogen) atoms. The molecule has 0 fully saturated rings. The third kappa shape index (κ3) is 5.11. The number of carbonyl (C=O) groups excluding carboxylic acids is 1. The number of para-hydroxylation sites is 1. The highest BCUT2D eigenvalue weighted by molar-refractivity contribution is 7.90. The molecule has 4 aromatic rings. The van der Waals surface area contributed by atoms with Gasteiger partial charge in [-0.2, -0.15) is 0 Å². The molecule has 0 aliphatic heterocycles. The van der Waals surface area contributed by atoms with Crippen LogP contribution in [0.5, 0.6) is 0 Å². The maximum Gasteiger partial charge on any atom is 0.265 e. The van der Waals surface area contributed by atoms with Crippen molar-refractivity contribution in [2.75, 3.05) is 10.6 Å². The average Bonchev–Trinajstić information content (AvgIpc) is 2.79. The van der Waals surface area contributed by atoms with Gasteiger partial charge in [0.2, 0.25) is 0 Å². The molecule has 1 amide bonds. The summed E-state index contributed by atoms with van der Waals surface area (Å²) in [6.45, 7) is 0. The second-order valence-electron chi connectivity index (χ2n) is 6.97. The van der Waals surface area contributed by atoms with Gasteiger partial charge in [-0.3, -0.25) is 4.79 Å². The molecule has 3 N–H and O–H groups in total. The number of hydrogen-bond acceptors (Lipinski definition) is 4. The van der Waals surface area contributed by atoms with Crippen LogP contribution in [0.15, 0.2) is 102 Å². The summed E-state index contributed by atoms with van der Waals surface area (Å²) in [4.78, 5) is 12.5. The first-order chi connectivity index (χ1) is 15.4. The highest BCUT2D eigenvalue weighted by Crippen LogP contribution is 2.18. The maximum absolute atomic E-state index is 12.7. The molecule has 0 aromatic heterocycles. The van der Waals surface area contributed by atoms with Crippen molar-refractivity contribution in [3.8, 4) is 0 Å². The van der Waals surface area contributed by atoms with E-state index in [2.05, 4.69) is 15.4 Å². The van der Waals surface area contributed by atoms with E-state index in [4.69, 9.17) is 12.2 Å². The SMILES string of the molecule is O=C(NS(=O)(=O)c1ccc(NC(=S)Nc2ccccc2)cc1)c1ccc2ccccc2c1. The molecule has 160 valence electrons. The van der Waals surface area contributed by atoms with Gasteiger partial charge >= 0.3 is 0 Å². The number of anilines is 2. The monoisotopic (exact) mass is 461 g/mol. The lowest BCUT2D eigenvalue weighted by Gasteiger charge is -2.11. The number of carbonyl (C=O) groups is 1. The number of fused-ring (bicyclic) bond motifs is 1. The molecule has 6 nitrogen and oxygen atoms in total. The number of amides is 1. The Balaban J connectivity index is 1.43. The van der Waals surface area contributed by atoms with Crippen molar-refractivity contribution in [1.82, 2.24) is 4.72 Å². The number of nitrogens with one attached hydrogen (secondary N) is 3. The van der Waals surface area contributed by atoms with Crippen molar-refractivity contribution in [2.24, 2.45) is 0 Å². The van der Waals surface area contributed by atoms with Crippen molar-refractivity contribution in [1.29, 1.82) is 0 Å². The Bertz CT molecular complexity index is 1390. The van der Waals surface area contributed by atoms with Crippen LogP contribution < -0.4 is 15.4 Å². The summed E-state index contributed by atoms with van der Waals surface area (Å²) in [6, 6.07) is 28.0. The lowest BCUT2D eigenvalue weighted by atomic mass is 10.1. The third-order valence-electron chi connectivity index (χ3n) is 4.69. The van der Waals surface area contributed by atoms with E-state index in [9.17, 15) is 13.2 Å². The van der Waals surface area contributed by atoms with Crippen LogP contribution >= 0.6 is 12.2 Å². The van der Waals surface area contributed by atoms with E-state index in [0.717, 1.165) is 16.5 Å². The van der Waals surface area contributed by atoms with Crippen molar-refractivity contribution in [3.63, 3.8) is 0 Å². The zero-order valence-electron chi connectivity index (χ0n) is 16.8. The topological polar surface area (TPSA) is 87.3 Å². The van der Waals surface area contributed by atoms with Crippen LogP contribution in [-0.4, -0.2) is 19.4 Å². The fourth-order valence-corrected chi connectivity index (χ4v) is 4.31. The molecule has 0 radical (unpaired) electrons. The maximum atomic E-state index is 12.7. The Labute approximate surface area is 191 Å². The summed E-state index contributed by atoms with van der Waals surface area (Å²) in [7, 11) is -4.03. The van der Waals surface area contributed by atoms with E-state index < -0.39 is 15.9 Å². The van der Waals surface area contributed by atoms with Crippen molar-refractivity contribution < 1.29 is 13.2 Å². The van der Waals surface area contributed by atoms with E-state index in [-0.39, 0.29) is 10.5 Å². The fourth-order valence-electron chi connectivity index (χ4n) is 3.10. The molecular weight excluding hydrogens is 442 g/mol. The van der Waals surface area contributed by atoms with Gasteiger partial charge in [-0.1, -0.05) is 48.5 Å². The summed E-state index contributed by atoms with van der Waals surface area (Å²) in [5, 5.41) is 8.22. The fraction of sp³-hybridized carbons (Fsp3) is 0. The Hall–Kier alpha value is -3.75. The minimum atomic E-state index is -4.03. The molecule has 0 unspecified atom stereocenters. The third-order valence-corrected chi connectivity index (χ3v) is 6.24. The molecule has 0 aliphatic carbocycles. The van der Waals surface area contributed by atoms with Crippen LogP contribution in [0.4, 0.5) is 11.4 Å². The lowest BCUT2D eigenvalue weighted by molar-refractivity contribution is 0.0981. The molecule has 0 heterocycles. The summed E-state index contributed by atoms with van der Waals surface area (Å²) < 4.78 is 27.4. The summed E-state index contributed by atoms with van der Waals surface area (Å²) in [5.74, 6) is -0.689. The Morgan fingerprint density at radius 1 is 0.688 bits per heavy atom. The van der Waals surface area contributed by atoms with Crippen molar-refractivity contribution >= 4 is 55.4 Å². The first-order valence-electron chi connectivity index (χ1n) is 9.70. The molecular formula is C24H19N3O3S2. The van der Waals surface area contributed by atoms with Gasteiger partial charge < -0.3 is 10.6 Å². The number of thiocarbonyl (C=S) groups is 1. The van der Waals surface area contributed by atoms with Gasteiger partial charge in [0.1, 0.15) is 0 Å². The smallest absolute Gasteiger partial charge is 0.265 e. The predicted octanol–water partition coefficient (Wildman–Crippen LogP) is 4.77. The van der Waals surface area contributed by atoms with Gasteiger partial charge in [0.25, 0.3) is 15.9 Å². The second-order valence-corrected chi connectivity index (χ2v) is 9.06. The zero-order valence-corrected chi connectivity index (χ0v) is 18.4. The minimum absolute atomic E-state index is 0.0286. The Morgan fingerprint density at radius 3 is 1.97 bits per heavy atom. The van der Waals surface area contributed by atoms with E-state index >= 15 is 0 Å². The minimum Gasteiger partial charge on any atom is -0.332 e. The number of hydrogen-bond donors (Lipinski definition) is 3. The number of sulfonamides is 1. The molecule has 0 bridgehead atoms. The normalized spacial score (nSPS) is 11.0. The summed E-state index contributed by atoms with van der Waals surface area (Å²) >= 11 is 5.27. The first kappa shape index (κ1) is 21.5. The first-order valence-corrected chi connectivity index (χ1v) is 11.6. The van der Waals surface area contributed by atoms with Crippen LogP contribution in [0.1, 0.15) is 10.4 Å². The molecule has 0 saturated heterocycles. The van der Waals surface area contributed by atoms with Crippen LogP contribution in [-0.2, 0) is 10.0 Å². The predicted molar refractivity (Wildman–Crippen MR) is 131 cm³/mol. The van der Waals surface area contributed by atoms with E-state index in [0.29, 0.717) is 10.8 Å². The molecule has 0 atom stereocenters.